The number of amides is 2. The lowest BCUT2D eigenvalue weighted by Crippen LogP contribution is -2.55. The van der Waals surface area contributed by atoms with Crippen molar-refractivity contribution in [1.82, 2.24) is 9.80 Å². The van der Waals surface area contributed by atoms with Crippen molar-refractivity contribution in [2.45, 2.75) is 31.3 Å². The minimum Gasteiger partial charge on any atom is -0.369 e. The summed E-state index contributed by atoms with van der Waals surface area (Å²) in [6, 6.07) is 10.5. The van der Waals surface area contributed by atoms with Crippen LogP contribution in [0.2, 0.25) is 5.02 Å². The molecule has 0 aromatic heterocycles. The molecule has 3 heterocycles. The van der Waals surface area contributed by atoms with Gasteiger partial charge in [0.15, 0.2) is 0 Å². The molecule has 0 spiro atoms. The molecule has 3 aliphatic rings. The summed E-state index contributed by atoms with van der Waals surface area (Å²) in [6.07, 6.45) is 2.02. The van der Waals surface area contributed by atoms with Gasteiger partial charge >= 0.3 is 0 Å². The van der Waals surface area contributed by atoms with Crippen LogP contribution in [0.5, 0.6) is 0 Å². The van der Waals surface area contributed by atoms with E-state index < -0.39 is 11.9 Å². The Balaban J connectivity index is 1.15. The molecule has 5 rings (SSSR count). The zero-order valence-electron chi connectivity index (χ0n) is 18.8. The van der Waals surface area contributed by atoms with Gasteiger partial charge in [-0.2, -0.15) is 0 Å². The van der Waals surface area contributed by atoms with Crippen molar-refractivity contribution in [1.29, 1.82) is 0 Å². The largest absolute Gasteiger partial charge is 0.369 e. The predicted octanol–water partition coefficient (Wildman–Crippen LogP) is 3.54. The van der Waals surface area contributed by atoms with Crippen LogP contribution in [-0.4, -0.2) is 73.0 Å². The van der Waals surface area contributed by atoms with Gasteiger partial charge in [-0.3, -0.25) is 19.4 Å². The van der Waals surface area contributed by atoms with E-state index >= 15 is 0 Å². The first-order valence-electron chi connectivity index (χ1n) is 11.7. The maximum Gasteiger partial charge on any atom is 0.251 e. The van der Waals surface area contributed by atoms with E-state index in [0.29, 0.717) is 11.7 Å². The van der Waals surface area contributed by atoms with Crippen LogP contribution in [0, 0.1) is 11.6 Å². The molecule has 3 aliphatic heterocycles. The zero-order chi connectivity index (χ0) is 23.8. The number of piperazine rings is 1. The van der Waals surface area contributed by atoms with Crippen molar-refractivity contribution in [3.8, 4) is 0 Å². The molecule has 0 N–H and O–H groups in total. The van der Waals surface area contributed by atoms with Crippen LogP contribution in [-0.2, 0) is 9.59 Å². The summed E-state index contributed by atoms with van der Waals surface area (Å²) in [5.41, 5.74) is 1.37. The molecule has 2 aromatic carbocycles. The fraction of sp³-hybridized carbons (Fsp3) is 0.440. The standard InChI is InChI=1S/C25H27ClF2N4O2/c26-21-15-20(5-6-22(21)28)32-24(33)16-23(25(32)34)31-9-7-19(8-10-31)30-13-11-29(12-14-30)18-3-1-17(27)2-4-18/h1-6,15,19,23H,7-14,16H2/t23-/m1/s1. The van der Waals surface area contributed by atoms with Crippen molar-refractivity contribution in [3.63, 3.8) is 0 Å². The molecule has 1 atom stereocenters. The van der Waals surface area contributed by atoms with Gasteiger partial charge in [0, 0.05) is 51.0 Å². The summed E-state index contributed by atoms with van der Waals surface area (Å²) in [4.78, 5) is 33.7. The highest BCUT2D eigenvalue weighted by atomic mass is 35.5. The van der Waals surface area contributed by atoms with E-state index in [1.165, 1.54) is 30.3 Å². The van der Waals surface area contributed by atoms with E-state index in [-0.39, 0.29) is 29.1 Å². The van der Waals surface area contributed by atoms with Gasteiger partial charge in [0.2, 0.25) is 5.91 Å². The lowest BCUT2D eigenvalue weighted by Gasteiger charge is -2.44. The molecule has 2 aromatic rings. The Labute approximate surface area is 202 Å². The van der Waals surface area contributed by atoms with Gasteiger partial charge in [0.05, 0.1) is 23.2 Å². The highest BCUT2D eigenvalue weighted by molar-refractivity contribution is 6.31. The van der Waals surface area contributed by atoms with Crippen LogP contribution in [0.1, 0.15) is 19.3 Å². The SMILES string of the molecule is O=C1C[C@@H](N2CCC(N3CCN(c4ccc(F)cc4)CC3)CC2)C(=O)N1c1ccc(F)c(Cl)c1. The van der Waals surface area contributed by atoms with Crippen LogP contribution >= 0.6 is 11.6 Å². The maximum atomic E-state index is 13.5. The summed E-state index contributed by atoms with van der Waals surface area (Å²) in [5, 5.41) is -0.109. The Hall–Kier alpha value is -2.55. The lowest BCUT2D eigenvalue weighted by atomic mass is 10.00. The molecule has 180 valence electrons. The number of hydrogen-bond donors (Lipinski definition) is 0. The Morgan fingerprint density at radius 1 is 0.794 bits per heavy atom. The number of piperidine rings is 1. The molecule has 0 radical (unpaired) electrons. The van der Waals surface area contributed by atoms with Gasteiger partial charge in [-0.1, -0.05) is 11.6 Å². The van der Waals surface area contributed by atoms with Crippen LogP contribution in [0.4, 0.5) is 20.2 Å². The number of rotatable bonds is 4. The summed E-state index contributed by atoms with van der Waals surface area (Å²) in [6.45, 7) is 5.20. The van der Waals surface area contributed by atoms with Crippen molar-refractivity contribution in [3.05, 3.63) is 59.1 Å². The highest BCUT2D eigenvalue weighted by Gasteiger charge is 2.44. The number of anilines is 2. The summed E-state index contributed by atoms with van der Waals surface area (Å²) < 4.78 is 26.7. The highest BCUT2D eigenvalue weighted by Crippen LogP contribution is 2.31. The molecule has 0 unspecified atom stereocenters. The van der Waals surface area contributed by atoms with Crippen LogP contribution in [0.25, 0.3) is 0 Å². The minimum absolute atomic E-state index is 0.109. The summed E-state index contributed by atoms with van der Waals surface area (Å²) in [7, 11) is 0. The number of carbonyl (C=O) groups excluding carboxylic acids is 2. The van der Waals surface area contributed by atoms with Crippen molar-refractivity contribution in [2.75, 3.05) is 49.1 Å². The number of halogens is 3. The second kappa shape index (κ2) is 9.60. The summed E-state index contributed by atoms with van der Waals surface area (Å²) in [5.74, 6) is -1.35. The van der Waals surface area contributed by atoms with Crippen LogP contribution < -0.4 is 9.80 Å². The van der Waals surface area contributed by atoms with Crippen molar-refractivity contribution < 1.29 is 18.4 Å². The Morgan fingerprint density at radius 2 is 1.44 bits per heavy atom. The molecule has 2 amide bonds. The number of benzene rings is 2. The quantitative estimate of drug-likeness (QED) is 0.616. The van der Waals surface area contributed by atoms with E-state index in [4.69, 9.17) is 11.6 Å². The van der Waals surface area contributed by atoms with E-state index in [1.54, 1.807) is 0 Å². The average molecular weight is 489 g/mol. The zero-order valence-corrected chi connectivity index (χ0v) is 19.6. The number of hydrogen-bond acceptors (Lipinski definition) is 5. The number of nitrogens with zero attached hydrogens (tertiary/aromatic N) is 4. The fourth-order valence-corrected chi connectivity index (χ4v) is 5.53. The first kappa shape index (κ1) is 23.2. The van der Waals surface area contributed by atoms with Crippen molar-refractivity contribution in [2.24, 2.45) is 0 Å². The molecular weight excluding hydrogens is 462 g/mol. The second-order valence-electron chi connectivity index (χ2n) is 9.15. The molecule has 0 bridgehead atoms. The molecule has 6 nitrogen and oxygen atoms in total. The van der Waals surface area contributed by atoms with Crippen molar-refractivity contribution >= 4 is 34.8 Å². The van der Waals surface area contributed by atoms with Gasteiger partial charge in [0.1, 0.15) is 11.6 Å². The first-order valence-corrected chi connectivity index (χ1v) is 12.1. The molecule has 9 heteroatoms. The van der Waals surface area contributed by atoms with Gasteiger partial charge in [-0.15, -0.1) is 0 Å². The molecular formula is C25H27ClF2N4O2. The van der Waals surface area contributed by atoms with E-state index in [9.17, 15) is 18.4 Å². The first-order chi connectivity index (χ1) is 16.4. The number of carbonyl (C=O) groups is 2. The van der Waals surface area contributed by atoms with E-state index in [0.717, 1.165) is 62.7 Å². The Bertz CT molecular complexity index is 1070. The topological polar surface area (TPSA) is 47.1 Å². The minimum atomic E-state index is -0.582. The molecule has 3 saturated heterocycles. The Morgan fingerprint density at radius 3 is 2.09 bits per heavy atom. The monoisotopic (exact) mass is 488 g/mol. The molecule has 0 aliphatic carbocycles. The molecule has 34 heavy (non-hydrogen) atoms. The van der Waals surface area contributed by atoms with E-state index in [2.05, 4.69) is 14.7 Å². The second-order valence-corrected chi connectivity index (χ2v) is 9.56. The van der Waals surface area contributed by atoms with Crippen LogP contribution in [0.3, 0.4) is 0 Å². The molecule has 3 fully saturated rings. The van der Waals surface area contributed by atoms with Gasteiger partial charge < -0.3 is 4.90 Å². The Kier molecular flexibility index (Phi) is 6.55. The number of likely N-dealkylation sites (tertiary alicyclic amines) is 1. The third-order valence-electron chi connectivity index (χ3n) is 7.25. The summed E-state index contributed by atoms with van der Waals surface area (Å²) >= 11 is 5.86. The normalized spacial score (nSPS) is 23.2. The van der Waals surface area contributed by atoms with Gasteiger partial charge in [-0.25, -0.2) is 13.7 Å². The third kappa shape index (κ3) is 4.54. The van der Waals surface area contributed by atoms with Gasteiger partial charge in [-0.05, 0) is 55.3 Å². The smallest absolute Gasteiger partial charge is 0.251 e. The number of imide groups is 1. The fourth-order valence-electron chi connectivity index (χ4n) is 5.36. The molecule has 0 saturated carbocycles. The maximum absolute atomic E-state index is 13.5. The predicted molar refractivity (Wildman–Crippen MR) is 127 cm³/mol. The lowest BCUT2D eigenvalue weighted by molar-refractivity contribution is -0.123. The van der Waals surface area contributed by atoms with Gasteiger partial charge in [0.25, 0.3) is 5.91 Å². The van der Waals surface area contributed by atoms with Crippen LogP contribution in [0.15, 0.2) is 42.5 Å². The third-order valence-corrected chi connectivity index (χ3v) is 7.54. The van der Waals surface area contributed by atoms with E-state index in [1.807, 2.05) is 12.1 Å². The average Bonchev–Trinajstić information content (AvgIpc) is 3.15.